The number of anilines is 1. The largest absolute Gasteiger partial charge is 0.338 e. The maximum atomic E-state index is 11.3. The SMILES string of the molecule is CCNC(=O)Nc1cc(C#N)ccc1C. The second kappa shape index (κ2) is 5.01. The number of amides is 2. The molecule has 4 nitrogen and oxygen atoms in total. The van der Waals surface area contributed by atoms with E-state index in [0.717, 1.165) is 5.56 Å². The van der Waals surface area contributed by atoms with Gasteiger partial charge in [-0.2, -0.15) is 5.26 Å². The number of hydrogen-bond acceptors (Lipinski definition) is 2. The predicted octanol–water partition coefficient (Wildman–Crippen LogP) is 2.01. The number of benzene rings is 1. The number of carbonyl (C=O) groups is 1. The molecular weight excluding hydrogens is 190 g/mol. The molecule has 0 saturated carbocycles. The third-order valence-corrected chi connectivity index (χ3v) is 1.95. The molecule has 1 aromatic carbocycles. The zero-order valence-electron chi connectivity index (χ0n) is 8.79. The Bertz CT molecular complexity index is 407. The fourth-order valence-corrected chi connectivity index (χ4v) is 1.15. The lowest BCUT2D eigenvalue weighted by atomic mass is 10.1. The Balaban J connectivity index is 2.85. The monoisotopic (exact) mass is 203 g/mol. The van der Waals surface area contributed by atoms with Crippen molar-refractivity contribution in [2.75, 3.05) is 11.9 Å². The van der Waals surface area contributed by atoms with Crippen LogP contribution in [0.4, 0.5) is 10.5 Å². The van der Waals surface area contributed by atoms with E-state index in [-0.39, 0.29) is 6.03 Å². The third-order valence-electron chi connectivity index (χ3n) is 1.95. The zero-order chi connectivity index (χ0) is 11.3. The van der Waals surface area contributed by atoms with E-state index in [0.29, 0.717) is 17.8 Å². The van der Waals surface area contributed by atoms with Crippen molar-refractivity contribution in [2.24, 2.45) is 0 Å². The summed E-state index contributed by atoms with van der Waals surface area (Å²) in [4.78, 5) is 11.3. The quantitative estimate of drug-likeness (QED) is 0.772. The Morgan fingerprint density at radius 2 is 2.27 bits per heavy atom. The molecule has 0 radical (unpaired) electrons. The number of nitrogens with zero attached hydrogens (tertiary/aromatic N) is 1. The normalized spacial score (nSPS) is 9.13. The summed E-state index contributed by atoms with van der Waals surface area (Å²) in [6.07, 6.45) is 0. The lowest BCUT2D eigenvalue weighted by molar-refractivity contribution is 0.252. The molecule has 0 fully saturated rings. The van der Waals surface area contributed by atoms with Crippen LogP contribution in [0.15, 0.2) is 18.2 Å². The summed E-state index contributed by atoms with van der Waals surface area (Å²) in [5, 5.41) is 14.0. The van der Waals surface area contributed by atoms with E-state index in [2.05, 4.69) is 10.6 Å². The summed E-state index contributed by atoms with van der Waals surface area (Å²) in [5.74, 6) is 0. The van der Waals surface area contributed by atoms with Gasteiger partial charge in [0.1, 0.15) is 0 Å². The van der Waals surface area contributed by atoms with Gasteiger partial charge in [0.25, 0.3) is 0 Å². The van der Waals surface area contributed by atoms with E-state index < -0.39 is 0 Å². The molecule has 4 heteroatoms. The van der Waals surface area contributed by atoms with Crippen LogP contribution in [0.1, 0.15) is 18.1 Å². The van der Waals surface area contributed by atoms with Gasteiger partial charge in [0.05, 0.1) is 11.6 Å². The number of carbonyl (C=O) groups excluding carboxylic acids is 1. The summed E-state index contributed by atoms with van der Waals surface area (Å²) in [5.41, 5.74) is 2.13. The molecule has 2 N–H and O–H groups in total. The van der Waals surface area contributed by atoms with Gasteiger partial charge in [0.2, 0.25) is 0 Å². The van der Waals surface area contributed by atoms with Gasteiger partial charge in [-0.3, -0.25) is 0 Å². The predicted molar refractivity (Wildman–Crippen MR) is 58.6 cm³/mol. The molecule has 78 valence electrons. The second-order valence-electron chi connectivity index (χ2n) is 3.13. The van der Waals surface area contributed by atoms with Gasteiger partial charge in [0, 0.05) is 12.2 Å². The molecule has 1 aromatic rings. The van der Waals surface area contributed by atoms with Crippen molar-refractivity contribution in [3.05, 3.63) is 29.3 Å². The highest BCUT2D eigenvalue weighted by Crippen LogP contribution is 2.15. The van der Waals surface area contributed by atoms with Crippen molar-refractivity contribution in [2.45, 2.75) is 13.8 Å². The van der Waals surface area contributed by atoms with Crippen LogP contribution in [0.25, 0.3) is 0 Å². The van der Waals surface area contributed by atoms with E-state index in [1.54, 1.807) is 18.2 Å². The first kappa shape index (κ1) is 11.1. The van der Waals surface area contributed by atoms with E-state index in [4.69, 9.17) is 5.26 Å². The molecule has 0 unspecified atom stereocenters. The number of nitrogens with one attached hydrogen (secondary N) is 2. The highest BCUT2D eigenvalue weighted by atomic mass is 16.2. The number of urea groups is 1. The Kier molecular flexibility index (Phi) is 3.69. The highest BCUT2D eigenvalue weighted by molar-refractivity contribution is 5.90. The fraction of sp³-hybridized carbons (Fsp3) is 0.273. The summed E-state index contributed by atoms with van der Waals surface area (Å²) >= 11 is 0. The molecule has 15 heavy (non-hydrogen) atoms. The van der Waals surface area contributed by atoms with Crippen LogP contribution in [-0.4, -0.2) is 12.6 Å². The van der Waals surface area contributed by atoms with Crippen LogP contribution in [0, 0.1) is 18.3 Å². The van der Waals surface area contributed by atoms with E-state index in [1.165, 1.54) is 0 Å². The number of hydrogen-bond donors (Lipinski definition) is 2. The Hall–Kier alpha value is -2.02. The van der Waals surface area contributed by atoms with Gasteiger partial charge >= 0.3 is 6.03 Å². The fourth-order valence-electron chi connectivity index (χ4n) is 1.15. The van der Waals surface area contributed by atoms with Crippen molar-refractivity contribution < 1.29 is 4.79 Å². The minimum atomic E-state index is -0.254. The molecule has 0 aliphatic heterocycles. The maximum Gasteiger partial charge on any atom is 0.319 e. The lowest BCUT2D eigenvalue weighted by Gasteiger charge is -2.08. The third kappa shape index (κ3) is 2.99. The molecule has 0 atom stereocenters. The molecule has 0 heterocycles. The van der Waals surface area contributed by atoms with Gasteiger partial charge < -0.3 is 10.6 Å². The average Bonchev–Trinajstić information content (AvgIpc) is 2.21. The van der Waals surface area contributed by atoms with Gasteiger partial charge in [0.15, 0.2) is 0 Å². The molecule has 0 aliphatic rings. The minimum Gasteiger partial charge on any atom is -0.338 e. The van der Waals surface area contributed by atoms with Crippen molar-refractivity contribution >= 4 is 11.7 Å². The molecule has 0 aliphatic carbocycles. The van der Waals surface area contributed by atoms with Gasteiger partial charge in [-0.15, -0.1) is 0 Å². The van der Waals surface area contributed by atoms with E-state index >= 15 is 0 Å². The van der Waals surface area contributed by atoms with Crippen molar-refractivity contribution in [3.63, 3.8) is 0 Å². The first-order chi connectivity index (χ1) is 7.17. The summed E-state index contributed by atoms with van der Waals surface area (Å²) in [6, 6.07) is 6.96. The molecule has 0 saturated heterocycles. The van der Waals surface area contributed by atoms with Crippen LogP contribution in [0.5, 0.6) is 0 Å². The lowest BCUT2D eigenvalue weighted by Crippen LogP contribution is -2.28. The van der Waals surface area contributed by atoms with Crippen LogP contribution in [0.2, 0.25) is 0 Å². The molecular formula is C11H13N3O. The van der Waals surface area contributed by atoms with Crippen LogP contribution < -0.4 is 10.6 Å². The number of rotatable bonds is 2. The first-order valence-corrected chi connectivity index (χ1v) is 4.73. The Morgan fingerprint density at radius 3 is 2.87 bits per heavy atom. The average molecular weight is 203 g/mol. The number of aryl methyl sites for hydroxylation is 1. The van der Waals surface area contributed by atoms with E-state index in [1.807, 2.05) is 19.9 Å². The van der Waals surface area contributed by atoms with Crippen LogP contribution in [0.3, 0.4) is 0 Å². The smallest absolute Gasteiger partial charge is 0.319 e. The molecule has 0 bridgehead atoms. The van der Waals surface area contributed by atoms with Crippen LogP contribution >= 0.6 is 0 Å². The minimum absolute atomic E-state index is 0.254. The Morgan fingerprint density at radius 1 is 1.53 bits per heavy atom. The van der Waals surface area contributed by atoms with Crippen molar-refractivity contribution in [1.29, 1.82) is 5.26 Å². The van der Waals surface area contributed by atoms with Gasteiger partial charge in [-0.25, -0.2) is 4.79 Å². The molecule has 0 aromatic heterocycles. The van der Waals surface area contributed by atoms with Gasteiger partial charge in [-0.05, 0) is 31.5 Å². The zero-order valence-corrected chi connectivity index (χ0v) is 8.79. The standard InChI is InChI=1S/C11H13N3O/c1-3-13-11(15)14-10-6-9(7-12)5-4-8(10)2/h4-6H,3H2,1-2H3,(H2,13,14,15). The topological polar surface area (TPSA) is 64.9 Å². The highest BCUT2D eigenvalue weighted by Gasteiger charge is 2.03. The van der Waals surface area contributed by atoms with Gasteiger partial charge in [-0.1, -0.05) is 6.07 Å². The van der Waals surface area contributed by atoms with Crippen molar-refractivity contribution in [1.82, 2.24) is 5.32 Å². The first-order valence-electron chi connectivity index (χ1n) is 4.73. The van der Waals surface area contributed by atoms with Crippen molar-refractivity contribution in [3.8, 4) is 6.07 Å². The van der Waals surface area contributed by atoms with E-state index in [9.17, 15) is 4.79 Å². The molecule has 1 rings (SSSR count). The summed E-state index contributed by atoms with van der Waals surface area (Å²) < 4.78 is 0. The summed E-state index contributed by atoms with van der Waals surface area (Å²) in [6.45, 7) is 4.30. The second-order valence-corrected chi connectivity index (χ2v) is 3.13. The summed E-state index contributed by atoms with van der Waals surface area (Å²) in [7, 11) is 0. The molecule has 2 amide bonds. The Labute approximate surface area is 88.9 Å². The maximum absolute atomic E-state index is 11.3. The number of nitriles is 1. The van der Waals surface area contributed by atoms with Crippen LogP contribution in [-0.2, 0) is 0 Å². The molecule has 0 spiro atoms.